The van der Waals surface area contributed by atoms with Gasteiger partial charge in [-0.15, -0.1) is 0 Å². The van der Waals surface area contributed by atoms with Gasteiger partial charge in [-0.1, -0.05) is 36.4 Å². The highest BCUT2D eigenvalue weighted by atomic mass is 16.5. The summed E-state index contributed by atoms with van der Waals surface area (Å²) >= 11 is 0. The van der Waals surface area contributed by atoms with Gasteiger partial charge >= 0.3 is 5.97 Å². The van der Waals surface area contributed by atoms with Crippen molar-refractivity contribution in [2.24, 2.45) is 0 Å². The van der Waals surface area contributed by atoms with E-state index >= 15 is 0 Å². The van der Waals surface area contributed by atoms with E-state index in [1.807, 2.05) is 30.3 Å². The first-order valence-electron chi connectivity index (χ1n) is 6.16. The zero-order valence-corrected chi connectivity index (χ0v) is 10.6. The Labute approximate surface area is 115 Å². The Kier molecular flexibility index (Phi) is 3.13. The standard InChI is InChI=1S/C16H12O4/c17-16(18)15-9-12-13(7-4-8-14(12)20-15)19-10-11-5-2-1-3-6-11/h1-9H,10H2,(H,17,18). The quantitative estimate of drug-likeness (QED) is 0.783. The van der Waals surface area contributed by atoms with Crippen LogP contribution in [0.25, 0.3) is 11.0 Å². The molecule has 1 heterocycles. The van der Waals surface area contributed by atoms with Crippen molar-refractivity contribution in [3.05, 3.63) is 65.9 Å². The van der Waals surface area contributed by atoms with E-state index in [-0.39, 0.29) is 5.76 Å². The molecule has 0 saturated heterocycles. The molecule has 0 spiro atoms. The van der Waals surface area contributed by atoms with Crippen LogP contribution in [0.1, 0.15) is 16.1 Å². The van der Waals surface area contributed by atoms with E-state index in [1.165, 1.54) is 6.07 Å². The maximum absolute atomic E-state index is 10.9. The third kappa shape index (κ3) is 2.36. The van der Waals surface area contributed by atoms with Crippen molar-refractivity contribution >= 4 is 16.9 Å². The molecule has 1 aromatic heterocycles. The lowest BCUT2D eigenvalue weighted by Gasteiger charge is -2.06. The maximum Gasteiger partial charge on any atom is 0.371 e. The summed E-state index contributed by atoms with van der Waals surface area (Å²) in [6, 6.07) is 16.6. The fourth-order valence-corrected chi connectivity index (χ4v) is 2.00. The minimum Gasteiger partial charge on any atom is -0.488 e. The Morgan fingerprint density at radius 3 is 2.65 bits per heavy atom. The number of hydrogen-bond acceptors (Lipinski definition) is 3. The average molecular weight is 268 g/mol. The normalized spacial score (nSPS) is 10.6. The molecular formula is C16H12O4. The summed E-state index contributed by atoms with van der Waals surface area (Å²) in [5, 5.41) is 9.62. The van der Waals surface area contributed by atoms with Crippen molar-refractivity contribution in [2.45, 2.75) is 6.61 Å². The molecule has 0 aliphatic rings. The molecular weight excluding hydrogens is 256 g/mol. The van der Waals surface area contributed by atoms with Crippen molar-refractivity contribution in [1.29, 1.82) is 0 Å². The van der Waals surface area contributed by atoms with E-state index < -0.39 is 5.97 Å². The van der Waals surface area contributed by atoms with Crippen LogP contribution in [-0.2, 0) is 6.61 Å². The number of carbonyl (C=O) groups is 1. The molecule has 4 heteroatoms. The van der Waals surface area contributed by atoms with Crippen LogP contribution in [0.2, 0.25) is 0 Å². The molecule has 20 heavy (non-hydrogen) atoms. The molecule has 100 valence electrons. The van der Waals surface area contributed by atoms with Crippen LogP contribution in [0.3, 0.4) is 0 Å². The van der Waals surface area contributed by atoms with Crippen molar-refractivity contribution in [1.82, 2.24) is 0 Å². The van der Waals surface area contributed by atoms with Gasteiger partial charge in [-0.05, 0) is 17.7 Å². The third-order valence-corrected chi connectivity index (χ3v) is 2.97. The van der Waals surface area contributed by atoms with Crippen LogP contribution >= 0.6 is 0 Å². The first kappa shape index (κ1) is 12.3. The highest BCUT2D eigenvalue weighted by Crippen LogP contribution is 2.29. The monoisotopic (exact) mass is 268 g/mol. The smallest absolute Gasteiger partial charge is 0.371 e. The topological polar surface area (TPSA) is 59.7 Å². The summed E-state index contributed by atoms with van der Waals surface area (Å²) in [5.41, 5.74) is 1.56. The predicted octanol–water partition coefficient (Wildman–Crippen LogP) is 3.71. The number of carboxylic acid groups (broad SMARTS) is 1. The van der Waals surface area contributed by atoms with E-state index in [2.05, 4.69) is 0 Å². The second kappa shape index (κ2) is 5.09. The number of furan rings is 1. The van der Waals surface area contributed by atoms with Crippen LogP contribution in [-0.4, -0.2) is 11.1 Å². The van der Waals surface area contributed by atoms with Crippen LogP contribution in [0.15, 0.2) is 59.0 Å². The summed E-state index contributed by atoms with van der Waals surface area (Å²) in [4.78, 5) is 10.9. The van der Waals surface area contributed by atoms with Gasteiger partial charge in [-0.2, -0.15) is 0 Å². The van der Waals surface area contributed by atoms with E-state index in [4.69, 9.17) is 14.3 Å². The first-order valence-corrected chi connectivity index (χ1v) is 6.16. The molecule has 4 nitrogen and oxygen atoms in total. The number of benzene rings is 2. The molecule has 0 unspecified atom stereocenters. The van der Waals surface area contributed by atoms with E-state index in [9.17, 15) is 4.79 Å². The highest BCUT2D eigenvalue weighted by Gasteiger charge is 2.13. The summed E-state index contributed by atoms with van der Waals surface area (Å²) in [6.07, 6.45) is 0. The lowest BCUT2D eigenvalue weighted by Crippen LogP contribution is -1.95. The van der Waals surface area contributed by atoms with Crippen LogP contribution in [0, 0.1) is 0 Å². The fourth-order valence-electron chi connectivity index (χ4n) is 2.00. The van der Waals surface area contributed by atoms with E-state index in [0.29, 0.717) is 23.3 Å². The minimum atomic E-state index is -1.09. The summed E-state index contributed by atoms with van der Waals surface area (Å²) in [6.45, 7) is 0.424. The Morgan fingerprint density at radius 2 is 1.90 bits per heavy atom. The highest BCUT2D eigenvalue weighted by molar-refractivity contribution is 5.93. The fraction of sp³-hybridized carbons (Fsp3) is 0.0625. The van der Waals surface area contributed by atoms with Gasteiger partial charge in [0.2, 0.25) is 5.76 Å². The molecule has 3 rings (SSSR count). The van der Waals surface area contributed by atoms with E-state index in [0.717, 1.165) is 5.56 Å². The number of carboxylic acids is 1. The summed E-state index contributed by atoms with van der Waals surface area (Å²) in [5.74, 6) is -0.562. The molecule has 0 aliphatic heterocycles. The molecule has 0 atom stereocenters. The number of ether oxygens (including phenoxy) is 1. The van der Waals surface area contributed by atoms with Crippen LogP contribution in [0.4, 0.5) is 0 Å². The summed E-state index contributed by atoms with van der Waals surface area (Å²) in [7, 11) is 0. The third-order valence-electron chi connectivity index (χ3n) is 2.97. The Bertz CT molecular complexity index is 744. The van der Waals surface area contributed by atoms with Gasteiger partial charge < -0.3 is 14.3 Å². The number of hydrogen-bond donors (Lipinski definition) is 1. The molecule has 0 bridgehead atoms. The van der Waals surface area contributed by atoms with Crippen LogP contribution in [0.5, 0.6) is 5.75 Å². The second-order valence-electron chi connectivity index (χ2n) is 4.36. The van der Waals surface area contributed by atoms with Gasteiger partial charge in [0.05, 0.1) is 5.39 Å². The molecule has 3 aromatic rings. The zero-order chi connectivity index (χ0) is 13.9. The lowest BCUT2D eigenvalue weighted by molar-refractivity contribution is 0.0665. The van der Waals surface area contributed by atoms with Gasteiger partial charge in [0.1, 0.15) is 17.9 Å². The lowest BCUT2D eigenvalue weighted by atomic mass is 10.2. The van der Waals surface area contributed by atoms with E-state index in [1.54, 1.807) is 18.2 Å². The number of aromatic carboxylic acids is 1. The SMILES string of the molecule is O=C(O)c1cc2c(OCc3ccccc3)cccc2o1. The molecule has 0 fully saturated rings. The van der Waals surface area contributed by atoms with Crippen molar-refractivity contribution in [3.63, 3.8) is 0 Å². The number of rotatable bonds is 4. The average Bonchev–Trinajstić information content (AvgIpc) is 2.91. The summed E-state index contributed by atoms with van der Waals surface area (Å²) < 4.78 is 11.0. The van der Waals surface area contributed by atoms with Gasteiger partial charge in [-0.25, -0.2) is 4.79 Å². The zero-order valence-electron chi connectivity index (χ0n) is 10.6. The van der Waals surface area contributed by atoms with Gasteiger partial charge in [0.25, 0.3) is 0 Å². The largest absolute Gasteiger partial charge is 0.488 e. The van der Waals surface area contributed by atoms with Crippen molar-refractivity contribution in [2.75, 3.05) is 0 Å². The first-order chi connectivity index (χ1) is 9.74. The Morgan fingerprint density at radius 1 is 1.10 bits per heavy atom. The molecule has 0 saturated carbocycles. The molecule has 0 amide bonds. The van der Waals surface area contributed by atoms with Crippen LogP contribution < -0.4 is 4.74 Å². The molecule has 1 N–H and O–H groups in total. The molecule has 2 aromatic carbocycles. The molecule has 0 radical (unpaired) electrons. The Balaban J connectivity index is 1.89. The second-order valence-corrected chi connectivity index (χ2v) is 4.36. The van der Waals surface area contributed by atoms with Crippen molar-refractivity contribution in [3.8, 4) is 5.75 Å². The molecule has 0 aliphatic carbocycles. The van der Waals surface area contributed by atoms with Gasteiger partial charge in [0.15, 0.2) is 0 Å². The van der Waals surface area contributed by atoms with Gasteiger partial charge in [0, 0.05) is 6.07 Å². The number of fused-ring (bicyclic) bond motifs is 1. The van der Waals surface area contributed by atoms with Gasteiger partial charge in [-0.3, -0.25) is 0 Å². The van der Waals surface area contributed by atoms with Crippen molar-refractivity contribution < 1.29 is 19.1 Å². The predicted molar refractivity (Wildman–Crippen MR) is 73.9 cm³/mol. The Hall–Kier alpha value is -2.75. The maximum atomic E-state index is 10.9. The minimum absolute atomic E-state index is 0.0873.